The molecule has 2 N–H and O–H groups in total. The molecule has 0 aliphatic rings. The van der Waals surface area contributed by atoms with Crippen molar-refractivity contribution in [3.8, 4) is 0 Å². The smallest absolute Gasteiger partial charge is 0.304 e. The summed E-state index contributed by atoms with van der Waals surface area (Å²) in [6.07, 6.45) is -0.0133. The van der Waals surface area contributed by atoms with Crippen LogP contribution in [0.2, 0.25) is 0 Å². The van der Waals surface area contributed by atoms with E-state index in [0.717, 1.165) is 0 Å². The molecule has 0 spiro atoms. The number of nitro groups is 1. The Morgan fingerprint density at radius 3 is 2.76 bits per heavy atom. The molecule has 17 heavy (non-hydrogen) atoms. The number of nitro benzene ring substituents is 1. The van der Waals surface area contributed by atoms with Crippen LogP contribution in [0.5, 0.6) is 0 Å². The average Bonchev–Trinajstić information content (AvgIpc) is 2.25. The molecule has 1 rings (SSSR count). The number of nitrogens with one attached hydrogen (secondary N) is 1. The molecule has 1 unspecified atom stereocenters. The van der Waals surface area contributed by atoms with Gasteiger partial charge in [-0.15, -0.1) is 0 Å². The van der Waals surface area contributed by atoms with Gasteiger partial charge < -0.3 is 10.4 Å². The molecule has 0 bridgehead atoms. The Labute approximate surface area is 98.4 Å². The Hall–Kier alpha value is -1.95. The molecule has 0 fully saturated rings. The van der Waals surface area contributed by atoms with Gasteiger partial charge in [-0.25, -0.2) is 0 Å². The van der Waals surface area contributed by atoms with Crippen molar-refractivity contribution < 1.29 is 14.8 Å². The third-order valence-electron chi connectivity index (χ3n) is 2.31. The maximum absolute atomic E-state index is 10.7. The van der Waals surface area contributed by atoms with E-state index in [1.807, 2.05) is 0 Å². The zero-order valence-electron chi connectivity index (χ0n) is 9.42. The zero-order chi connectivity index (χ0) is 12.8. The third kappa shape index (κ3) is 4.20. The van der Waals surface area contributed by atoms with Crippen LogP contribution in [0.3, 0.4) is 0 Å². The van der Waals surface area contributed by atoms with Gasteiger partial charge in [0.1, 0.15) is 0 Å². The van der Waals surface area contributed by atoms with Crippen LogP contribution in [0.4, 0.5) is 5.69 Å². The minimum absolute atomic E-state index is 0.0133. The molecule has 0 aromatic heterocycles. The molecule has 92 valence electrons. The van der Waals surface area contributed by atoms with Crippen molar-refractivity contribution in [2.75, 3.05) is 0 Å². The van der Waals surface area contributed by atoms with Crippen LogP contribution >= 0.6 is 0 Å². The first kappa shape index (κ1) is 13.1. The van der Waals surface area contributed by atoms with Crippen LogP contribution < -0.4 is 5.32 Å². The van der Waals surface area contributed by atoms with Gasteiger partial charge in [-0.1, -0.05) is 18.2 Å². The molecular formula is C11H14N2O4. The highest BCUT2D eigenvalue weighted by Crippen LogP contribution is 2.17. The molecule has 0 heterocycles. The van der Waals surface area contributed by atoms with Crippen LogP contribution in [0.15, 0.2) is 24.3 Å². The monoisotopic (exact) mass is 238 g/mol. The lowest BCUT2D eigenvalue weighted by molar-refractivity contribution is -0.385. The van der Waals surface area contributed by atoms with Crippen molar-refractivity contribution in [1.82, 2.24) is 5.32 Å². The minimum atomic E-state index is -0.896. The van der Waals surface area contributed by atoms with Gasteiger partial charge in [0, 0.05) is 24.2 Å². The van der Waals surface area contributed by atoms with Crippen molar-refractivity contribution >= 4 is 11.7 Å². The van der Waals surface area contributed by atoms with Gasteiger partial charge in [0.25, 0.3) is 5.69 Å². The second-order valence-electron chi connectivity index (χ2n) is 3.77. The number of nitrogens with zero attached hydrogens (tertiary/aromatic N) is 1. The summed E-state index contributed by atoms with van der Waals surface area (Å²) in [6, 6.07) is 6.17. The predicted octanol–water partition coefficient (Wildman–Crippen LogP) is 1.55. The van der Waals surface area contributed by atoms with Gasteiger partial charge in [-0.3, -0.25) is 14.9 Å². The van der Waals surface area contributed by atoms with Crippen molar-refractivity contribution in [2.45, 2.75) is 25.9 Å². The minimum Gasteiger partial charge on any atom is -0.481 e. The topological polar surface area (TPSA) is 92.5 Å². The zero-order valence-corrected chi connectivity index (χ0v) is 9.42. The van der Waals surface area contributed by atoms with Gasteiger partial charge in [0.15, 0.2) is 0 Å². The van der Waals surface area contributed by atoms with Crippen molar-refractivity contribution in [3.05, 3.63) is 39.9 Å². The van der Waals surface area contributed by atoms with E-state index < -0.39 is 10.9 Å². The Bertz CT molecular complexity index is 420. The molecule has 0 aliphatic heterocycles. The highest BCUT2D eigenvalue weighted by atomic mass is 16.6. The van der Waals surface area contributed by atoms with Crippen molar-refractivity contribution in [2.24, 2.45) is 0 Å². The second kappa shape index (κ2) is 5.95. The number of carboxylic acid groups (broad SMARTS) is 1. The number of hydrogen-bond donors (Lipinski definition) is 2. The van der Waals surface area contributed by atoms with Crippen LogP contribution in [0, 0.1) is 10.1 Å². The van der Waals surface area contributed by atoms with E-state index in [4.69, 9.17) is 5.11 Å². The fourth-order valence-electron chi connectivity index (χ4n) is 1.46. The number of benzene rings is 1. The lowest BCUT2D eigenvalue weighted by Crippen LogP contribution is -2.28. The first-order valence-electron chi connectivity index (χ1n) is 5.18. The Morgan fingerprint density at radius 2 is 2.18 bits per heavy atom. The fourth-order valence-corrected chi connectivity index (χ4v) is 1.46. The lowest BCUT2D eigenvalue weighted by Gasteiger charge is -2.11. The number of rotatable bonds is 6. The lowest BCUT2D eigenvalue weighted by atomic mass is 10.1. The Kier molecular flexibility index (Phi) is 4.59. The molecule has 1 aromatic rings. The van der Waals surface area contributed by atoms with Crippen LogP contribution in [-0.4, -0.2) is 22.0 Å². The number of carbonyl (C=O) groups is 1. The van der Waals surface area contributed by atoms with Gasteiger partial charge in [-0.05, 0) is 6.92 Å². The SMILES string of the molecule is CC(CC(=O)O)NCc1ccccc1[N+](=O)[O-]. The van der Waals surface area contributed by atoms with E-state index in [1.165, 1.54) is 6.07 Å². The normalized spacial score (nSPS) is 12.1. The van der Waals surface area contributed by atoms with Crippen LogP contribution in [-0.2, 0) is 11.3 Å². The molecule has 0 aliphatic carbocycles. The Morgan fingerprint density at radius 1 is 1.53 bits per heavy atom. The largest absolute Gasteiger partial charge is 0.481 e. The van der Waals surface area contributed by atoms with E-state index in [9.17, 15) is 14.9 Å². The molecule has 0 saturated heterocycles. The number of carboxylic acids is 1. The van der Waals surface area contributed by atoms with Gasteiger partial charge in [0.2, 0.25) is 0 Å². The highest BCUT2D eigenvalue weighted by molar-refractivity contribution is 5.67. The molecule has 6 nitrogen and oxygen atoms in total. The van der Waals surface area contributed by atoms with Crippen LogP contribution in [0.1, 0.15) is 18.9 Å². The first-order chi connectivity index (χ1) is 8.00. The number of aliphatic carboxylic acids is 1. The van der Waals surface area contributed by atoms with Crippen molar-refractivity contribution in [3.63, 3.8) is 0 Å². The number of hydrogen-bond acceptors (Lipinski definition) is 4. The summed E-state index contributed by atoms with van der Waals surface area (Å²) < 4.78 is 0. The second-order valence-corrected chi connectivity index (χ2v) is 3.77. The summed E-state index contributed by atoms with van der Waals surface area (Å²) in [5.74, 6) is -0.896. The van der Waals surface area contributed by atoms with Crippen molar-refractivity contribution in [1.29, 1.82) is 0 Å². The molecule has 0 saturated carbocycles. The number of para-hydroxylation sites is 1. The average molecular weight is 238 g/mol. The molecule has 0 radical (unpaired) electrons. The highest BCUT2D eigenvalue weighted by Gasteiger charge is 2.13. The summed E-state index contributed by atoms with van der Waals surface area (Å²) >= 11 is 0. The summed E-state index contributed by atoms with van der Waals surface area (Å²) in [6.45, 7) is 2.01. The quantitative estimate of drug-likeness (QED) is 0.579. The summed E-state index contributed by atoms with van der Waals surface area (Å²) in [4.78, 5) is 20.7. The molecule has 1 atom stereocenters. The maximum atomic E-state index is 10.7. The Balaban J connectivity index is 2.63. The molecule has 6 heteroatoms. The van der Waals surface area contributed by atoms with E-state index >= 15 is 0 Å². The van der Waals surface area contributed by atoms with Gasteiger partial charge in [-0.2, -0.15) is 0 Å². The van der Waals surface area contributed by atoms with Gasteiger partial charge >= 0.3 is 5.97 Å². The van der Waals surface area contributed by atoms with Crippen LogP contribution in [0.25, 0.3) is 0 Å². The molecular weight excluding hydrogens is 224 g/mol. The van der Waals surface area contributed by atoms with E-state index in [2.05, 4.69) is 5.32 Å². The summed E-state index contributed by atoms with van der Waals surface area (Å²) in [5.41, 5.74) is 0.595. The fraction of sp³-hybridized carbons (Fsp3) is 0.364. The molecule has 1 aromatic carbocycles. The predicted molar refractivity (Wildman–Crippen MR) is 61.7 cm³/mol. The van der Waals surface area contributed by atoms with E-state index in [-0.39, 0.29) is 24.7 Å². The summed E-state index contributed by atoms with van der Waals surface area (Å²) in [5, 5.41) is 22.2. The summed E-state index contributed by atoms with van der Waals surface area (Å²) in [7, 11) is 0. The van der Waals surface area contributed by atoms with E-state index in [0.29, 0.717) is 5.56 Å². The molecule has 0 amide bonds. The third-order valence-corrected chi connectivity index (χ3v) is 2.31. The first-order valence-corrected chi connectivity index (χ1v) is 5.18. The van der Waals surface area contributed by atoms with Gasteiger partial charge in [0.05, 0.1) is 11.3 Å². The van der Waals surface area contributed by atoms with E-state index in [1.54, 1.807) is 25.1 Å². The standard InChI is InChI=1S/C11H14N2O4/c1-8(6-11(14)15)12-7-9-4-2-3-5-10(9)13(16)17/h2-5,8,12H,6-7H2,1H3,(H,14,15). The maximum Gasteiger partial charge on any atom is 0.304 e.